The third-order valence-electron chi connectivity index (χ3n) is 11.7. The van der Waals surface area contributed by atoms with Crippen LogP contribution in [0.15, 0.2) is 60.7 Å². The van der Waals surface area contributed by atoms with E-state index in [0.717, 1.165) is 0 Å². The van der Waals surface area contributed by atoms with Crippen LogP contribution < -0.4 is 0 Å². The highest BCUT2D eigenvalue weighted by Gasteiger charge is 2.23. The van der Waals surface area contributed by atoms with E-state index in [9.17, 15) is 75.0 Å². The van der Waals surface area contributed by atoms with Gasteiger partial charge in [-0.15, -0.1) is 0 Å². The molecule has 5 aromatic carbocycles. The van der Waals surface area contributed by atoms with Crippen molar-refractivity contribution in [2.45, 2.75) is 96.3 Å². The van der Waals surface area contributed by atoms with Crippen molar-refractivity contribution in [3.8, 4) is 28.7 Å². The number of carboxylic acid groups (broad SMARTS) is 5. The Morgan fingerprint density at radius 2 is 0.400 bits per heavy atom. The van der Waals surface area contributed by atoms with Crippen LogP contribution in [0.2, 0.25) is 0 Å². The van der Waals surface area contributed by atoms with E-state index in [1.54, 1.807) is 60.7 Å². The molecule has 340 valence electrons. The van der Waals surface area contributed by atoms with Gasteiger partial charge in [0.25, 0.3) is 0 Å². The van der Waals surface area contributed by atoms with Crippen molar-refractivity contribution in [3.05, 3.63) is 144 Å². The second kappa shape index (κ2) is 20.3. The molecule has 0 heterocycles. The minimum atomic E-state index is -1.08. The lowest BCUT2D eigenvalue weighted by Crippen LogP contribution is -2.06. The first-order chi connectivity index (χ1) is 30.8. The Kier molecular flexibility index (Phi) is 14.7. The summed E-state index contributed by atoms with van der Waals surface area (Å²) in [4.78, 5) is 58.5. The molecule has 0 radical (unpaired) electrons. The highest BCUT2D eigenvalue weighted by molar-refractivity contribution is 5.69. The number of phenolic OH excluding ortho intramolecular Hbond substituents is 5. The molecule has 0 unspecified atom stereocenters. The average Bonchev–Trinajstić information content (AvgIpc) is 3.23. The van der Waals surface area contributed by atoms with E-state index in [2.05, 4.69) is 0 Å². The van der Waals surface area contributed by atoms with Gasteiger partial charge in [0.2, 0.25) is 0 Å². The van der Waals surface area contributed by atoms with Crippen LogP contribution in [0.4, 0.5) is 0 Å². The Morgan fingerprint density at radius 1 is 0.277 bits per heavy atom. The summed E-state index contributed by atoms with van der Waals surface area (Å²) in [7, 11) is 0. The lowest BCUT2D eigenvalue weighted by atomic mass is 9.87. The SMILES string of the molecule is O=C(O)CCc1cc2c(O)c(c1)Cc1cc(CCC(=O)O)cc(c1O)Cc1cc(CCC(=O)O)cc(c1O)Cc1cc(CCC(=O)O)cc(c1O)Cc1cc(CCC(=O)O)cc(c1O)C2. The molecule has 10 bridgehead atoms. The molecule has 15 heteroatoms. The van der Waals surface area contributed by atoms with E-state index in [4.69, 9.17) is 0 Å². The molecular formula is C50H50O15. The molecule has 0 atom stereocenters. The lowest BCUT2D eigenvalue weighted by molar-refractivity contribution is -0.138. The van der Waals surface area contributed by atoms with Gasteiger partial charge in [-0.1, -0.05) is 60.7 Å². The zero-order valence-corrected chi connectivity index (χ0v) is 35.4. The molecule has 10 N–H and O–H groups in total. The van der Waals surface area contributed by atoms with Crippen LogP contribution in [-0.2, 0) is 88.2 Å². The molecule has 1 aliphatic carbocycles. The van der Waals surface area contributed by atoms with Crippen molar-refractivity contribution in [3.63, 3.8) is 0 Å². The smallest absolute Gasteiger partial charge is 0.303 e. The van der Waals surface area contributed by atoms with Crippen molar-refractivity contribution >= 4 is 29.8 Å². The molecule has 0 fully saturated rings. The van der Waals surface area contributed by atoms with E-state index in [1.807, 2.05) is 0 Å². The Hall–Kier alpha value is -7.55. The number of carbonyl (C=O) groups is 5. The molecule has 5 aromatic rings. The van der Waals surface area contributed by atoms with Gasteiger partial charge in [-0.25, -0.2) is 0 Å². The molecule has 0 amide bonds. The van der Waals surface area contributed by atoms with Crippen LogP contribution in [0.3, 0.4) is 0 Å². The molecule has 0 aliphatic heterocycles. The monoisotopic (exact) mass is 890 g/mol. The standard InChI is InChI=1S/C50H50O15/c51-41(52)6-1-26-11-31-21-33-13-27(2-7-42(53)54)15-35(47(33)62)23-37-17-29(4-9-44(57)58)19-39(49(37)64)25-40-20-30(5-10-45(59)60)18-38(50(40)65)24-36-16-28(3-8-43(55)56)14-34(48(36)63)22-32(12-26)46(31)61/h11-20,61-65H,1-10,21-25H2,(H,51,52)(H,53,54)(H,55,56)(H,57,58)(H,59,60). The van der Waals surface area contributed by atoms with Gasteiger partial charge in [0.05, 0.1) is 0 Å². The van der Waals surface area contributed by atoms with Gasteiger partial charge in [0.15, 0.2) is 0 Å². The molecule has 65 heavy (non-hydrogen) atoms. The van der Waals surface area contributed by atoms with E-state index in [-0.39, 0.29) is 181 Å². The summed E-state index contributed by atoms with van der Waals surface area (Å²) in [5, 5.41) is 108. The Bertz CT molecular complexity index is 2150. The Morgan fingerprint density at radius 3 is 0.508 bits per heavy atom. The number of phenols is 5. The number of benzene rings is 5. The third kappa shape index (κ3) is 12.1. The molecule has 0 saturated heterocycles. The van der Waals surface area contributed by atoms with Crippen LogP contribution in [0.1, 0.15) is 116 Å². The molecule has 0 aromatic heterocycles. The minimum absolute atomic E-state index is 0.0427. The summed E-state index contributed by atoms with van der Waals surface area (Å²) >= 11 is 0. The second-order valence-corrected chi connectivity index (χ2v) is 16.7. The van der Waals surface area contributed by atoms with E-state index >= 15 is 0 Å². The van der Waals surface area contributed by atoms with Gasteiger partial charge in [0.1, 0.15) is 28.7 Å². The second-order valence-electron chi connectivity index (χ2n) is 16.7. The van der Waals surface area contributed by atoms with Crippen molar-refractivity contribution < 1.29 is 75.0 Å². The number of aryl methyl sites for hydroxylation is 5. The molecule has 15 nitrogen and oxygen atoms in total. The number of fused-ring (bicyclic) bond motifs is 10. The summed E-state index contributed by atoms with van der Waals surface area (Å²) in [5.41, 5.74) is 5.24. The summed E-state index contributed by atoms with van der Waals surface area (Å²) in [5.74, 6) is -6.59. The van der Waals surface area contributed by atoms with Crippen LogP contribution >= 0.6 is 0 Å². The average molecular weight is 891 g/mol. The van der Waals surface area contributed by atoms with Crippen molar-refractivity contribution in [1.29, 1.82) is 0 Å². The summed E-state index contributed by atoms with van der Waals surface area (Å²) in [6, 6.07) is 16.0. The number of hydrogen-bond acceptors (Lipinski definition) is 10. The summed E-state index contributed by atoms with van der Waals surface area (Å²) < 4.78 is 0. The molecule has 1 aliphatic rings. The molecule has 6 rings (SSSR count). The Balaban J connectivity index is 1.66. The van der Waals surface area contributed by atoms with Gasteiger partial charge in [-0.2, -0.15) is 0 Å². The summed E-state index contributed by atoms with van der Waals surface area (Å²) in [6.07, 6.45) is -1.72. The van der Waals surface area contributed by atoms with Crippen molar-refractivity contribution in [2.75, 3.05) is 0 Å². The molecular weight excluding hydrogens is 841 g/mol. The minimum Gasteiger partial charge on any atom is -0.507 e. The largest absolute Gasteiger partial charge is 0.507 e. The number of hydrogen-bond donors (Lipinski definition) is 10. The highest BCUT2D eigenvalue weighted by atomic mass is 16.4. The zero-order chi connectivity index (χ0) is 47.1. The predicted molar refractivity (Wildman–Crippen MR) is 234 cm³/mol. The maximum Gasteiger partial charge on any atom is 0.303 e. The highest BCUT2D eigenvalue weighted by Crippen LogP contribution is 2.40. The fourth-order valence-corrected chi connectivity index (χ4v) is 8.51. The topological polar surface area (TPSA) is 288 Å². The van der Waals surface area contributed by atoms with E-state index in [0.29, 0.717) is 27.8 Å². The molecule has 0 spiro atoms. The first-order valence-corrected chi connectivity index (χ1v) is 21.1. The third-order valence-corrected chi connectivity index (χ3v) is 11.7. The van der Waals surface area contributed by atoms with Gasteiger partial charge in [-0.05, 0) is 116 Å². The van der Waals surface area contributed by atoms with Crippen LogP contribution in [-0.4, -0.2) is 80.9 Å². The van der Waals surface area contributed by atoms with Crippen LogP contribution in [0, 0.1) is 0 Å². The summed E-state index contributed by atoms with van der Waals surface area (Å²) in [6.45, 7) is 0. The van der Waals surface area contributed by atoms with Gasteiger partial charge in [0, 0.05) is 64.2 Å². The molecule has 0 saturated carbocycles. The van der Waals surface area contributed by atoms with Crippen molar-refractivity contribution in [1.82, 2.24) is 0 Å². The number of aliphatic carboxylic acids is 5. The quantitative estimate of drug-likeness (QED) is 0.0522. The predicted octanol–water partition coefficient (Wildman–Crippen LogP) is 6.57. The first-order valence-electron chi connectivity index (χ1n) is 21.1. The van der Waals surface area contributed by atoms with E-state index < -0.39 is 29.8 Å². The fourth-order valence-electron chi connectivity index (χ4n) is 8.51. The van der Waals surface area contributed by atoms with Crippen LogP contribution in [0.25, 0.3) is 0 Å². The van der Waals surface area contributed by atoms with Gasteiger partial charge < -0.3 is 51.1 Å². The van der Waals surface area contributed by atoms with Gasteiger partial charge >= 0.3 is 29.8 Å². The van der Waals surface area contributed by atoms with Gasteiger partial charge in [-0.3, -0.25) is 24.0 Å². The van der Waals surface area contributed by atoms with E-state index in [1.165, 1.54) is 0 Å². The first kappa shape index (κ1) is 46.9. The maximum atomic E-state index is 12.0. The normalized spacial score (nSPS) is 12.3. The zero-order valence-electron chi connectivity index (χ0n) is 35.4. The van der Waals surface area contributed by atoms with Crippen LogP contribution in [0.5, 0.6) is 28.7 Å². The number of aromatic hydroxyl groups is 5. The fraction of sp³-hybridized carbons (Fsp3) is 0.300. The lowest BCUT2D eigenvalue weighted by Gasteiger charge is -2.20. The number of rotatable bonds is 15. The maximum absolute atomic E-state index is 12.0. The Labute approximate surface area is 373 Å². The van der Waals surface area contributed by atoms with Crippen molar-refractivity contribution in [2.24, 2.45) is 0 Å². The number of carboxylic acids is 5.